The van der Waals surface area contributed by atoms with Gasteiger partial charge in [0.1, 0.15) is 5.60 Å². The average Bonchev–Trinajstić information content (AvgIpc) is 2.27. The van der Waals surface area contributed by atoms with E-state index >= 15 is 0 Å². The Kier molecular flexibility index (Phi) is 2.83. The third kappa shape index (κ3) is 1.88. The highest BCUT2D eigenvalue weighted by Gasteiger charge is 2.48. The van der Waals surface area contributed by atoms with Gasteiger partial charge in [-0.05, 0) is 5.56 Å². The molecule has 4 heteroatoms. The lowest BCUT2D eigenvalue weighted by Crippen LogP contribution is -2.49. The number of nitrogens with one attached hydrogen (secondary N) is 1. The summed E-state index contributed by atoms with van der Waals surface area (Å²) in [4.78, 5) is 11.3. The summed E-state index contributed by atoms with van der Waals surface area (Å²) in [6.07, 6.45) is 0.0788. The number of rotatable bonds is 2. The molecule has 2 rings (SSSR count). The van der Waals surface area contributed by atoms with Gasteiger partial charge in [0.05, 0.1) is 6.10 Å². The first kappa shape index (κ1) is 11.0. The molecule has 16 heavy (non-hydrogen) atoms. The van der Waals surface area contributed by atoms with E-state index in [2.05, 4.69) is 5.32 Å². The second-order valence-electron chi connectivity index (χ2n) is 4.06. The molecule has 1 aliphatic carbocycles. The number of alkyl carbamates (subject to hydrolysis) is 1. The van der Waals surface area contributed by atoms with Gasteiger partial charge in [-0.3, -0.25) is 0 Å². The zero-order valence-corrected chi connectivity index (χ0v) is 9.14. The predicted molar refractivity (Wildman–Crippen MR) is 58.9 cm³/mol. The Morgan fingerprint density at radius 2 is 2.06 bits per heavy atom. The summed E-state index contributed by atoms with van der Waals surface area (Å²) in [7, 11) is 1.52. The number of hydrogen-bond donors (Lipinski definition) is 2. The molecule has 0 unspecified atom stereocenters. The fourth-order valence-corrected chi connectivity index (χ4v) is 2.05. The van der Waals surface area contributed by atoms with Gasteiger partial charge in [-0.15, -0.1) is 0 Å². The van der Waals surface area contributed by atoms with Crippen LogP contribution in [-0.2, 0) is 10.3 Å². The Morgan fingerprint density at radius 3 is 2.56 bits per heavy atom. The van der Waals surface area contributed by atoms with Crippen LogP contribution < -0.4 is 5.32 Å². The summed E-state index contributed by atoms with van der Waals surface area (Å²) in [6.45, 7) is 0. The van der Waals surface area contributed by atoms with E-state index in [1.807, 2.05) is 30.3 Å². The van der Waals surface area contributed by atoms with Crippen molar-refractivity contribution in [2.45, 2.75) is 24.5 Å². The molecule has 4 nitrogen and oxygen atoms in total. The van der Waals surface area contributed by atoms with Crippen LogP contribution in [0, 0.1) is 0 Å². The van der Waals surface area contributed by atoms with Crippen molar-refractivity contribution < 1.29 is 14.6 Å². The summed E-state index contributed by atoms with van der Waals surface area (Å²) in [5.74, 6) is 0. The van der Waals surface area contributed by atoms with Gasteiger partial charge >= 0.3 is 6.09 Å². The van der Waals surface area contributed by atoms with Crippen molar-refractivity contribution in [3.8, 4) is 0 Å². The van der Waals surface area contributed by atoms with E-state index in [1.54, 1.807) is 0 Å². The maximum absolute atomic E-state index is 11.3. The van der Waals surface area contributed by atoms with E-state index in [0.29, 0.717) is 12.8 Å². The highest BCUT2D eigenvalue weighted by atomic mass is 16.6. The quantitative estimate of drug-likeness (QED) is 0.793. The molecule has 86 valence electrons. The van der Waals surface area contributed by atoms with Crippen LogP contribution in [0.4, 0.5) is 4.79 Å². The Labute approximate surface area is 94.2 Å². The summed E-state index contributed by atoms with van der Waals surface area (Å²) in [6, 6.07) is 9.53. The minimum absolute atomic E-state index is 0.384. The number of ether oxygens (including phenoxy) is 1. The topological polar surface area (TPSA) is 58.6 Å². The highest BCUT2D eigenvalue weighted by molar-refractivity contribution is 5.67. The number of amides is 1. The van der Waals surface area contributed by atoms with Crippen LogP contribution >= 0.6 is 0 Å². The van der Waals surface area contributed by atoms with Gasteiger partial charge in [0, 0.05) is 19.9 Å². The first-order valence-electron chi connectivity index (χ1n) is 5.30. The lowest BCUT2D eigenvalue weighted by Gasteiger charge is -2.44. The van der Waals surface area contributed by atoms with Crippen molar-refractivity contribution in [3.05, 3.63) is 35.9 Å². The monoisotopic (exact) mass is 221 g/mol. The molecule has 0 heterocycles. The average molecular weight is 221 g/mol. The summed E-state index contributed by atoms with van der Waals surface area (Å²) in [5, 5.41) is 11.8. The van der Waals surface area contributed by atoms with E-state index in [9.17, 15) is 9.90 Å². The van der Waals surface area contributed by atoms with Crippen molar-refractivity contribution in [2.24, 2.45) is 0 Å². The fourth-order valence-electron chi connectivity index (χ4n) is 2.05. The summed E-state index contributed by atoms with van der Waals surface area (Å²) in [5.41, 5.74) is 0.282. The Balaban J connectivity index is 2.20. The van der Waals surface area contributed by atoms with E-state index < -0.39 is 11.7 Å². The van der Waals surface area contributed by atoms with Crippen molar-refractivity contribution in [2.75, 3.05) is 7.05 Å². The minimum Gasteiger partial charge on any atom is -0.438 e. The number of hydrogen-bond acceptors (Lipinski definition) is 3. The first-order valence-corrected chi connectivity index (χ1v) is 5.30. The molecule has 2 N–H and O–H groups in total. The first-order chi connectivity index (χ1) is 7.66. The second kappa shape index (κ2) is 4.14. The molecular formula is C12H15NO3. The fraction of sp³-hybridized carbons (Fsp3) is 0.417. The van der Waals surface area contributed by atoms with Crippen molar-refractivity contribution in [3.63, 3.8) is 0 Å². The molecule has 1 amide bonds. The van der Waals surface area contributed by atoms with E-state index in [4.69, 9.17) is 4.74 Å². The van der Waals surface area contributed by atoms with Crippen molar-refractivity contribution >= 4 is 6.09 Å². The van der Waals surface area contributed by atoms with E-state index in [-0.39, 0.29) is 6.10 Å². The molecule has 1 aliphatic rings. The molecule has 0 saturated heterocycles. The predicted octanol–water partition coefficient (Wildman–Crippen LogP) is 1.39. The molecule has 0 bridgehead atoms. The standard InChI is InChI=1S/C12H15NO3/c1-13-11(15)16-12(7-10(14)8-12)9-5-3-2-4-6-9/h2-6,10,14H,7-8H2,1H3,(H,13,15). The van der Waals surface area contributed by atoms with Gasteiger partial charge in [0.2, 0.25) is 0 Å². The van der Waals surface area contributed by atoms with Gasteiger partial charge in [0.15, 0.2) is 0 Å². The van der Waals surface area contributed by atoms with Crippen LogP contribution in [0.1, 0.15) is 18.4 Å². The lowest BCUT2D eigenvalue weighted by molar-refractivity contribution is -0.122. The van der Waals surface area contributed by atoms with Gasteiger partial charge in [0.25, 0.3) is 0 Å². The molecule has 1 aromatic carbocycles. The van der Waals surface area contributed by atoms with Crippen LogP contribution in [-0.4, -0.2) is 24.4 Å². The van der Waals surface area contributed by atoms with Crippen molar-refractivity contribution in [1.82, 2.24) is 5.32 Å². The molecule has 0 atom stereocenters. The van der Waals surface area contributed by atoms with Crippen LogP contribution in [0.2, 0.25) is 0 Å². The largest absolute Gasteiger partial charge is 0.438 e. The van der Waals surface area contributed by atoms with E-state index in [0.717, 1.165) is 5.56 Å². The molecule has 0 aliphatic heterocycles. The SMILES string of the molecule is CNC(=O)OC1(c2ccccc2)CC(O)C1. The number of aliphatic hydroxyl groups excluding tert-OH is 1. The maximum atomic E-state index is 11.3. The van der Waals surface area contributed by atoms with Crippen molar-refractivity contribution in [1.29, 1.82) is 0 Å². The lowest BCUT2D eigenvalue weighted by atomic mass is 9.72. The van der Waals surface area contributed by atoms with Gasteiger partial charge in [-0.25, -0.2) is 4.79 Å². The third-order valence-electron chi connectivity index (χ3n) is 2.92. The zero-order valence-electron chi connectivity index (χ0n) is 9.14. The molecular weight excluding hydrogens is 206 g/mol. The zero-order chi connectivity index (χ0) is 11.6. The van der Waals surface area contributed by atoms with Gasteiger partial charge in [-0.1, -0.05) is 30.3 Å². The molecule has 1 saturated carbocycles. The number of benzene rings is 1. The Bertz CT molecular complexity index is 371. The number of carbonyl (C=O) groups is 1. The van der Waals surface area contributed by atoms with E-state index in [1.165, 1.54) is 7.05 Å². The van der Waals surface area contributed by atoms with Crippen LogP contribution in [0.5, 0.6) is 0 Å². The second-order valence-corrected chi connectivity index (χ2v) is 4.06. The molecule has 1 aromatic rings. The van der Waals surface area contributed by atoms with Crippen LogP contribution in [0.25, 0.3) is 0 Å². The smallest absolute Gasteiger partial charge is 0.407 e. The molecule has 0 spiro atoms. The minimum atomic E-state index is -0.652. The highest BCUT2D eigenvalue weighted by Crippen LogP contribution is 2.44. The maximum Gasteiger partial charge on any atom is 0.407 e. The Hall–Kier alpha value is -1.55. The third-order valence-corrected chi connectivity index (χ3v) is 2.92. The van der Waals surface area contributed by atoms with Crippen LogP contribution in [0.3, 0.4) is 0 Å². The molecule has 1 fully saturated rings. The molecule has 0 aromatic heterocycles. The Morgan fingerprint density at radius 1 is 1.44 bits per heavy atom. The summed E-state index contributed by atoms with van der Waals surface area (Å²) < 4.78 is 5.37. The van der Waals surface area contributed by atoms with Gasteiger partial charge < -0.3 is 15.2 Å². The van der Waals surface area contributed by atoms with Gasteiger partial charge in [-0.2, -0.15) is 0 Å². The van der Waals surface area contributed by atoms with Crippen LogP contribution in [0.15, 0.2) is 30.3 Å². The number of aliphatic hydroxyl groups is 1. The number of carbonyl (C=O) groups excluding carboxylic acids is 1. The summed E-state index contributed by atoms with van der Waals surface area (Å²) >= 11 is 0. The normalized spacial score (nSPS) is 28.0. The molecule has 0 radical (unpaired) electrons.